The van der Waals surface area contributed by atoms with Crippen LogP contribution < -0.4 is 0 Å². The maximum Gasteiger partial charge on any atom is 0.303 e. The Labute approximate surface area is 167 Å². The molecule has 10 heteroatoms. The highest BCUT2D eigenvalue weighted by atomic mass is 28.4. The summed E-state index contributed by atoms with van der Waals surface area (Å²) < 4.78 is 26.5. The third-order valence-electron chi connectivity index (χ3n) is 4.45. The first-order chi connectivity index (χ1) is 12.7. The summed E-state index contributed by atoms with van der Waals surface area (Å²) in [6.45, 7) is 13.4. The Kier molecular flexibility index (Phi) is 10.4. The molecule has 28 heavy (non-hydrogen) atoms. The van der Waals surface area contributed by atoms with Crippen molar-refractivity contribution >= 4 is 32.7 Å². The van der Waals surface area contributed by atoms with Gasteiger partial charge in [-0.25, -0.2) is 0 Å². The largest absolute Gasteiger partial charge is 0.462 e. The fraction of sp³-hybridized carbons (Fsp3) is 0.778. The van der Waals surface area contributed by atoms with E-state index in [0.29, 0.717) is 0 Å². The zero-order valence-electron chi connectivity index (χ0n) is 17.9. The van der Waals surface area contributed by atoms with Gasteiger partial charge in [0.1, 0.15) is 6.61 Å². The number of carbonyl (C=O) groups excluding carboxylic acids is 4. The normalized spacial score (nSPS) is 15.0. The van der Waals surface area contributed by atoms with Gasteiger partial charge in [-0.15, -0.1) is 0 Å². The number of esters is 3. The molecule has 0 unspecified atom stereocenters. The summed E-state index contributed by atoms with van der Waals surface area (Å²) >= 11 is 0. The molecular formula is C18H32O9Si. The number of hydrogen-bond donors (Lipinski definition) is 0. The van der Waals surface area contributed by atoms with Crippen molar-refractivity contribution in [2.24, 2.45) is 0 Å². The maximum absolute atomic E-state index is 11.6. The van der Waals surface area contributed by atoms with Crippen LogP contribution in [0.3, 0.4) is 0 Å². The molecule has 0 aromatic heterocycles. The first-order valence-electron chi connectivity index (χ1n) is 8.92. The fourth-order valence-electron chi connectivity index (χ4n) is 1.98. The van der Waals surface area contributed by atoms with Crippen LogP contribution in [0.5, 0.6) is 0 Å². The molecule has 162 valence electrons. The first kappa shape index (κ1) is 26.1. The molecule has 0 rings (SSSR count). The van der Waals surface area contributed by atoms with Crippen molar-refractivity contribution in [3.05, 3.63) is 0 Å². The van der Waals surface area contributed by atoms with Crippen LogP contribution in [0.2, 0.25) is 18.1 Å². The summed E-state index contributed by atoms with van der Waals surface area (Å²) in [4.78, 5) is 45.3. The molecule has 0 aliphatic rings. The van der Waals surface area contributed by atoms with E-state index in [4.69, 9.17) is 23.4 Å². The van der Waals surface area contributed by atoms with Gasteiger partial charge in [-0.2, -0.15) is 0 Å². The quantitative estimate of drug-likeness (QED) is 0.214. The Bertz CT molecular complexity index is 554. The monoisotopic (exact) mass is 420 g/mol. The highest BCUT2D eigenvalue weighted by Crippen LogP contribution is 2.36. The Morgan fingerprint density at radius 2 is 1.43 bits per heavy atom. The molecule has 9 nitrogen and oxygen atoms in total. The van der Waals surface area contributed by atoms with E-state index in [1.165, 1.54) is 6.92 Å². The van der Waals surface area contributed by atoms with Gasteiger partial charge in [-0.05, 0) is 18.1 Å². The molecule has 0 aliphatic carbocycles. The van der Waals surface area contributed by atoms with E-state index >= 15 is 0 Å². The highest BCUT2D eigenvalue weighted by Gasteiger charge is 2.42. The highest BCUT2D eigenvalue weighted by molar-refractivity contribution is 6.74. The van der Waals surface area contributed by atoms with E-state index in [1.54, 1.807) is 0 Å². The molecule has 0 aromatic carbocycles. The average molecular weight is 421 g/mol. The van der Waals surface area contributed by atoms with Crippen molar-refractivity contribution < 1.29 is 42.6 Å². The van der Waals surface area contributed by atoms with Crippen LogP contribution in [0.4, 0.5) is 0 Å². The first-order valence-corrected chi connectivity index (χ1v) is 11.8. The second-order valence-corrected chi connectivity index (χ2v) is 12.7. The van der Waals surface area contributed by atoms with Gasteiger partial charge in [-0.1, -0.05) is 20.8 Å². The summed E-state index contributed by atoms with van der Waals surface area (Å²) in [7, 11) is -2.22. The molecule has 0 heterocycles. The van der Waals surface area contributed by atoms with Crippen LogP contribution in [0.1, 0.15) is 41.5 Å². The third kappa shape index (κ3) is 9.31. The van der Waals surface area contributed by atoms with Crippen molar-refractivity contribution in [3.8, 4) is 0 Å². The van der Waals surface area contributed by atoms with Gasteiger partial charge in [-0.3, -0.25) is 19.2 Å². The van der Waals surface area contributed by atoms with E-state index in [9.17, 15) is 19.2 Å². The van der Waals surface area contributed by atoms with Gasteiger partial charge in [0.25, 0.3) is 6.47 Å². The van der Waals surface area contributed by atoms with Crippen LogP contribution in [0, 0.1) is 0 Å². The minimum Gasteiger partial charge on any atom is -0.462 e. The molecule has 0 bridgehead atoms. The predicted octanol–water partition coefficient (Wildman–Crippen LogP) is 1.98. The zero-order valence-corrected chi connectivity index (χ0v) is 18.9. The summed E-state index contributed by atoms with van der Waals surface area (Å²) in [6.07, 6.45) is -3.44. The van der Waals surface area contributed by atoms with E-state index in [0.717, 1.165) is 13.8 Å². The molecule has 3 atom stereocenters. The van der Waals surface area contributed by atoms with Gasteiger partial charge in [0.05, 0.1) is 6.61 Å². The zero-order chi connectivity index (χ0) is 22.1. The molecule has 0 aromatic rings. The lowest BCUT2D eigenvalue weighted by Crippen LogP contribution is -2.51. The lowest BCUT2D eigenvalue weighted by atomic mass is 10.1. The molecule has 0 aliphatic heterocycles. The van der Waals surface area contributed by atoms with Crippen molar-refractivity contribution in [1.82, 2.24) is 0 Å². The topological polar surface area (TPSA) is 114 Å². The van der Waals surface area contributed by atoms with Gasteiger partial charge in [0.15, 0.2) is 26.6 Å². The minimum absolute atomic E-state index is 0.0784. The second-order valence-electron chi connectivity index (χ2n) is 7.87. The van der Waals surface area contributed by atoms with Crippen LogP contribution in [0.15, 0.2) is 0 Å². The van der Waals surface area contributed by atoms with Gasteiger partial charge in [0, 0.05) is 20.8 Å². The van der Waals surface area contributed by atoms with E-state index in [1.807, 2.05) is 33.9 Å². The lowest BCUT2D eigenvalue weighted by molar-refractivity contribution is -0.188. The number of hydrogen-bond acceptors (Lipinski definition) is 9. The van der Waals surface area contributed by atoms with Crippen molar-refractivity contribution in [1.29, 1.82) is 0 Å². The maximum atomic E-state index is 11.6. The minimum atomic E-state index is -2.22. The molecule has 0 amide bonds. The number of carbonyl (C=O) groups is 4. The van der Waals surface area contributed by atoms with Crippen molar-refractivity contribution in [2.75, 3.05) is 13.2 Å². The molecule has 0 saturated heterocycles. The Morgan fingerprint density at radius 3 is 1.82 bits per heavy atom. The molecule has 0 radical (unpaired) electrons. The smallest absolute Gasteiger partial charge is 0.303 e. The summed E-state index contributed by atoms with van der Waals surface area (Å²) in [6, 6.07) is 0. The molecule has 0 saturated carbocycles. The van der Waals surface area contributed by atoms with Crippen molar-refractivity contribution in [3.63, 3.8) is 0 Å². The van der Waals surface area contributed by atoms with Gasteiger partial charge in [0.2, 0.25) is 0 Å². The summed E-state index contributed by atoms with van der Waals surface area (Å²) in [5.74, 6) is -1.97. The Hall–Kier alpha value is -1.94. The predicted molar refractivity (Wildman–Crippen MR) is 102 cm³/mol. The fourth-order valence-corrected chi connectivity index (χ4v) is 3.00. The standard InChI is InChI=1S/C18H32O9Si/c1-12(20)23-9-16(26-13(2)21)17(27-14(3)22)15(24-11-19)10-25-28(7,8)18(4,5)6/h11,15-17H,9-10H2,1-8H3/t15-,16-,17+/m1/s1. The van der Waals surface area contributed by atoms with Crippen LogP contribution in [-0.4, -0.2) is 64.2 Å². The van der Waals surface area contributed by atoms with Crippen LogP contribution in [0.25, 0.3) is 0 Å². The van der Waals surface area contributed by atoms with Crippen molar-refractivity contribution in [2.45, 2.75) is 78.0 Å². The number of ether oxygens (including phenoxy) is 4. The molecule has 0 spiro atoms. The van der Waals surface area contributed by atoms with Crippen LogP contribution >= 0.6 is 0 Å². The summed E-state index contributed by atoms with van der Waals surface area (Å²) in [5, 5.41) is -0.108. The van der Waals surface area contributed by atoms with E-state index in [2.05, 4.69) is 0 Å². The molecular weight excluding hydrogens is 388 g/mol. The van der Waals surface area contributed by atoms with Gasteiger partial charge >= 0.3 is 17.9 Å². The van der Waals surface area contributed by atoms with E-state index < -0.39 is 44.5 Å². The molecule has 0 fully saturated rings. The molecule has 0 N–H and O–H groups in total. The average Bonchev–Trinajstić information content (AvgIpc) is 2.51. The third-order valence-corrected chi connectivity index (χ3v) is 8.95. The lowest BCUT2D eigenvalue weighted by Gasteiger charge is -2.38. The second kappa shape index (κ2) is 11.2. The van der Waals surface area contributed by atoms with Gasteiger partial charge < -0.3 is 23.4 Å². The van der Waals surface area contributed by atoms with E-state index in [-0.39, 0.29) is 24.7 Å². The number of rotatable bonds is 11. The summed E-state index contributed by atoms with van der Waals surface area (Å²) in [5.41, 5.74) is 0. The Morgan fingerprint density at radius 1 is 0.893 bits per heavy atom. The van der Waals surface area contributed by atoms with Crippen LogP contribution in [-0.2, 0) is 42.6 Å². The Balaban J connectivity index is 5.67. The SMILES string of the molecule is CC(=O)OC[C@@H](OC(C)=O)[C@@H](OC(C)=O)[C@@H](CO[Si](C)(C)C(C)(C)C)OC=O.